The SMILES string of the molecule is Nc1cnc(N2CCC3(CC2)OCCO3)c(Cl)c1. The first-order valence-corrected chi connectivity index (χ1v) is 6.50. The summed E-state index contributed by atoms with van der Waals surface area (Å²) < 4.78 is 11.4. The highest BCUT2D eigenvalue weighted by molar-refractivity contribution is 6.33. The number of nitrogen functional groups attached to an aromatic ring is 1. The van der Waals surface area contributed by atoms with Crippen molar-refractivity contribution in [2.75, 3.05) is 36.9 Å². The quantitative estimate of drug-likeness (QED) is 0.840. The molecule has 0 atom stereocenters. The lowest BCUT2D eigenvalue weighted by Gasteiger charge is -2.38. The molecule has 1 aromatic heterocycles. The number of piperidine rings is 1. The van der Waals surface area contributed by atoms with Crippen LogP contribution in [0.25, 0.3) is 0 Å². The summed E-state index contributed by atoms with van der Waals surface area (Å²) in [6.07, 6.45) is 3.32. The van der Waals surface area contributed by atoms with E-state index in [1.165, 1.54) is 0 Å². The second kappa shape index (κ2) is 4.57. The van der Waals surface area contributed by atoms with Crippen molar-refractivity contribution in [1.82, 2.24) is 4.98 Å². The van der Waals surface area contributed by atoms with Gasteiger partial charge in [-0.25, -0.2) is 4.98 Å². The van der Waals surface area contributed by atoms with Crippen LogP contribution in [-0.2, 0) is 9.47 Å². The number of aromatic nitrogens is 1. The van der Waals surface area contributed by atoms with Gasteiger partial charge in [0.2, 0.25) is 0 Å². The number of hydrogen-bond donors (Lipinski definition) is 1. The van der Waals surface area contributed by atoms with Crippen LogP contribution in [0.4, 0.5) is 11.5 Å². The molecule has 0 unspecified atom stereocenters. The second-order valence-corrected chi connectivity index (χ2v) is 5.08. The molecule has 18 heavy (non-hydrogen) atoms. The molecule has 98 valence electrons. The molecular formula is C12H16ClN3O2. The fraction of sp³-hybridized carbons (Fsp3) is 0.583. The first kappa shape index (κ1) is 12.0. The molecule has 3 rings (SSSR count). The van der Waals surface area contributed by atoms with Gasteiger partial charge in [0.15, 0.2) is 5.79 Å². The number of nitrogens with two attached hydrogens (primary N) is 1. The Balaban J connectivity index is 1.72. The van der Waals surface area contributed by atoms with Crippen molar-refractivity contribution < 1.29 is 9.47 Å². The van der Waals surface area contributed by atoms with Crippen molar-refractivity contribution in [3.05, 3.63) is 17.3 Å². The molecule has 0 amide bonds. The molecule has 2 N–H and O–H groups in total. The maximum atomic E-state index is 6.17. The van der Waals surface area contributed by atoms with Crippen LogP contribution in [0, 0.1) is 0 Å². The summed E-state index contributed by atoms with van der Waals surface area (Å²) in [5.74, 6) is 0.426. The molecule has 0 saturated carbocycles. The minimum Gasteiger partial charge on any atom is -0.397 e. The van der Waals surface area contributed by atoms with Gasteiger partial charge in [0, 0.05) is 25.9 Å². The lowest BCUT2D eigenvalue weighted by Crippen LogP contribution is -2.45. The predicted molar refractivity (Wildman–Crippen MR) is 69.7 cm³/mol. The molecule has 1 spiro atoms. The number of hydrogen-bond acceptors (Lipinski definition) is 5. The summed E-state index contributed by atoms with van der Waals surface area (Å²) in [6, 6.07) is 1.73. The van der Waals surface area contributed by atoms with E-state index < -0.39 is 0 Å². The van der Waals surface area contributed by atoms with Gasteiger partial charge in [0.05, 0.1) is 30.1 Å². The standard InChI is InChI=1S/C12H16ClN3O2/c13-10-7-9(14)8-15-11(10)16-3-1-12(2-4-16)17-5-6-18-12/h7-8H,1-6,14H2. The van der Waals surface area contributed by atoms with Crippen LogP contribution in [0.2, 0.25) is 5.02 Å². The number of halogens is 1. The average Bonchev–Trinajstić information content (AvgIpc) is 2.80. The largest absolute Gasteiger partial charge is 0.397 e. The molecule has 2 aliphatic rings. The molecule has 6 heteroatoms. The molecule has 0 radical (unpaired) electrons. The van der Waals surface area contributed by atoms with Crippen LogP contribution in [0.1, 0.15) is 12.8 Å². The maximum absolute atomic E-state index is 6.17. The van der Waals surface area contributed by atoms with Gasteiger partial charge in [0.1, 0.15) is 5.82 Å². The van der Waals surface area contributed by atoms with Gasteiger partial charge in [0.25, 0.3) is 0 Å². The third-order valence-corrected chi connectivity index (χ3v) is 3.76. The molecule has 0 bridgehead atoms. The topological polar surface area (TPSA) is 60.6 Å². The fourth-order valence-corrected chi connectivity index (χ4v) is 2.82. The summed E-state index contributed by atoms with van der Waals surface area (Å²) in [4.78, 5) is 6.45. The van der Waals surface area contributed by atoms with E-state index in [0.717, 1.165) is 31.7 Å². The number of rotatable bonds is 1. The Hall–Kier alpha value is -1.04. The summed E-state index contributed by atoms with van der Waals surface area (Å²) in [5, 5.41) is 0.596. The van der Waals surface area contributed by atoms with E-state index in [9.17, 15) is 0 Å². The molecule has 1 aromatic rings. The van der Waals surface area contributed by atoms with Crippen LogP contribution < -0.4 is 10.6 Å². The molecule has 0 aromatic carbocycles. The molecule has 2 fully saturated rings. The molecule has 3 heterocycles. The molecule has 5 nitrogen and oxygen atoms in total. The number of nitrogens with zero attached hydrogens (tertiary/aromatic N) is 2. The van der Waals surface area contributed by atoms with Gasteiger partial charge in [-0.05, 0) is 6.07 Å². The smallest absolute Gasteiger partial charge is 0.171 e. The van der Waals surface area contributed by atoms with Crippen LogP contribution >= 0.6 is 11.6 Å². The Kier molecular flexibility index (Phi) is 3.05. The van der Waals surface area contributed by atoms with Gasteiger partial charge in [-0.2, -0.15) is 0 Å². The summed E-state index contributed by atoms with van der Waals surface area (Å²) in [6.45, 7) is 3.05. The third-order valence-electron chi connectivity index (χ3n) is 3.48. The molecule has 2 aliphatic heterocycles. The van der Waals surface area contributed by atoms with E-state index in [2.05, 4.69) is 9.88 Å². The lowest BCUT2D eigenvalue weighted by atomic mass is 10.0. The summed E-state index contributed by atoms with van der Waals surface area (Å²) >= 11 is 6.17. The second-order valence-electron chi connectivity index (χ2n) is 4.67. The van der Waals surface area contributed by atoms with Crippen LogP contribution in [0.3, 0.4) is 0 Å². The van der Waals surface area contributed by atoms with E-state index in [0.29, 0.717) is 23.9 Å². The van der Waals surface area contributed by atoms with Gasteiger partial charge in [-0.3, -0.25) is 0 Å². The van der Waals surface area contributed by atoms with E-state index in [1.807, 2.05) is 0 Å². The van der Waals surface area contributed by atoms with Crippen molar-refractivity contribution in [2.45, 2.75) is 18.6 Å². The Labute approximate surface area is 111 Å². The summed E-state index contributed by atoms with van der Waals surface area (Å²) in [5.41, 5.74) is 6.23. The van der Waals surface area contributed by atoms with Gasteiger partial charge in [-0.15, -0.1) is 0 Å². The minimum atomic E-state index is -0.364. The zero-order chi connectivity index (χ0) is 12.6. The van der Waals surface area contributed by atoms with Crippen molar-refractivity contribution in [3.63, 3.8) is 0 Å². The van der Waals surface area contributed by atoms with Crippen molar-refractivity contribution in [3.8, 4) is 0 Å². The first-order chi connectivity index (χ1) is 8.69. The molecular weight excluding hydrogens is 254 g/mol. The molecule has 2 saturated heterocycles. The number of pyridine rings is 1. The normalized spacial score (nSPS) is 22.6. The minimum absolute atomic E-state index is 0.364. The van der Waals surface area contributed by atoms with Gasteiger partial charge >= 0.3 is 0 Å². The Morgan fingerprint density at radius 3 is 2.56 bits per heavy atom. The maximum Gasteiger partial charge on any atom is 0.171 e. The average molecular weight is 270 g/mol. The Bertz CT molecular complexity index is 439. The predicted octanol–water partition coefficient (Wildman–Crippen LogP) is 1.66. The van der Waals surface area contributed by atoms with Crippen LogP contribution in [-0.4, -0.2) is 37.1 Å². The highest BCUT2D eigenvalue weighted by Gasteiger charge is 2.40. The lowest BCUT2D eigenvalue weighted by molar-refractivity contribution is -0.169. The Morgan fingerprint density at radius 1 is 1.28 bits per heavy atom. The summed E-state index contributed by atoms with van der Waals surface area (Å²) in [7, 11) is 0. The highest BCUT2D eigenvalue weighted by Crippen LogP contribution is 2.34. The zero-order valence-electron chi connectivity index (χ0n) is 10.1. The van der Waals surface area contributed by atoms with Crippen molar-refractivity contribution in [1.29, 1.82) is 0 Å². The van der Waals surface area contributed by atoms with Gasteiger partial charge < -0.3 is 20.1 Å². The van der Waals surface area contributed by atoms with E-state index in [1.54, 1.807) is 12.3 Å². The van der Waals surface area contributed by atoms with Crippen LogP contribution in [0.5, 0.6) is 0 Å². The van der Waals surface area contributed by atoms with Crippen molar-refractivity contribution in [2.24, 2.45) is 0 Å². The van der Waals surface area contributed by atoms with Gasteiger partial charge in [-0.1, -0.05) is 11.6 Å². The van der Waals surface area contributed by atoms with Crippen LogP contribution in [0.15, 0.2) is 12.3 Å². The third kappa shape index (κ3) is 2.13. The zero-order valence-corrected chi connectivity index (χ0v) is 10.8. The Morgan fingerprint density at radius 2 is 1.94 bits per heavy atom. The number of ether oxygens (including phenoxy) is 2. The first-order valence-electron chi connectivity index (χ1n) is 6.12. The monoisotopic (exact) mass is 269 g/mol. The van der Waals surface area contributed by atoms with E-state index >= 15 is 0 Å². The van der Waals surface area contributed by atoms with E-state index in [4.69, 9.17) is 26.8 Å². The van der Waals surface area contributed by atoms with Crippen molar-refractivity contribution >= 4 is 23.1 Å². The highest BCUT2D eigenvalue weighted by atomic mass is 35.5. The van der Waals surface area contributed by atoms with E-state index in [-0.39, 0.29) is 5.79 Å². The fourth-order valence-electron chi connectivity index (χ4n) is 2.52. The number of anilines is 2. The molecule has 0 aliphatic carbocycles.